The van der Waals surface area contributed by atoms with Gasteiger partial charge in [-0.3, -0.25) is 0 Å². The van der Waals surface area contributed by atoms with Crippen molar-refractivity contribution in [2.45, 2.75) is 46.6 Å². The summed E-state index contributed by atoms with van der Waals surface area (Å²) in [7, 11) is 0. The molecule has 112 valence electrons. The molecule has 1 aromatic rings. The van der Waals surface area contributed by atoms with Gasteiger partial charge >= 0.3 is 6.03 Å². The van der Waals surface area contributed by atoms with E-state index in [-0.39, 0.29) is 18.0 Å². The van der Waals surface area contributed by atoms with Gasteiger partial charge in [0.05, 0.1) is 6.10 Å². The van der Waals surface area contributed by atoms with E-state index in [1.165, 1.54) is 0 Å². The van der Waals surface area contributed by atoms with Crippen LogP contribution in [-0.2, 0) is 6.42 Å². The molecule has 0 saturated heterocycles. The number of urea groups is 1. The number of amides is 2. The van der Waals surface area contributed by atoms with Crippen LogP contribution in [0.3, 0.4) is 0 Å². The largest absolute Gasteiger partial charge is 0.391 e. The number of para-hydroxylation sites is 1. The van der Waals surface area contributed by atoms with Gasteiger partial charge in [0, 0.05) is 12.2 Å². The zero-order valence-electron chi connectivity index (χ0n) is 12.9. The second kappa shape index (κ2) is 7.29. The summed E-state index contributed by atoms with van der Waals surface area (Å²) in [6.07, 6.45) is 1.39. The lowest BCUT2D eigenvalue weighted by atomic mass is 9.89. The molecule has 0 aliphatic rings. The van der Waals surface area contributed by atoms with E-state index in [2.05, 4.69) is 17.6 Å². The molecule has 1 rings (SSSR count). The van der Waals surface area contributed by atoms with Gasteiger partial charge in [-0.2, -0.15) is 0 Å². The Morgan fingerprint density at radius 2 is 1.95 bits per heavy atom. The number of benzene rings is 1. The van der Waals surface area contributed by atoms with E-state index in [0.29, 0.717) is 0 Å². The predicted octanol–water partition coefficient (Wildman–Crippen LogP) is 3.17. The summed E-state index contributed by atoms with van der Waals surface area (Å²) in [5.74, 6) is 0. The topological polar surface area (TPSA) is 61.4 Å². The Morgan fingerprint density at radius 3 is 2.55 bits per heavy atom. The van der Waals surface area contributed by atoms with E-state index in [1.807, 2.05) is 45.0 Å². The number of aliphatic hydroxyl groups excluding tert-OH is 1. The van der Waals surface area contributed by atoms with Gasteiger partial charge in [0.15, 0.2) is 0 Å². The highest BCUT2D eigenvalue weighted by Gasteiger charge is 2.22. The highest BCUT2D eigenvalue weighted by Crippen LogP contribution is 2.19. The van der Waals surface area contributed by atoms with Crippen molar-refractivity contribution in [2.75, 3.05) is 11.9 Å². The molecule has 0 spiro atoms. The Hall–Kier alpha value is -1.55. The van der Waals surface area contributed by atoms with Crippen LogP contribution in [0.15, 0.2) is 24.3 Å². The summed E-state index contributed by atoms with van der Waals surface area (Å²) in [5.41, 5.74) is 1.71. The van der Waals surface area contributed by atoms with Crippen LogP contribution in [0.4, 0.5) is 10.5 Å². The number of hydrogen-bond acceptors (Lipinski definition) is 2. The van der Waals surface area contributed by atoms with Gasteiger partial charge in [-0.05, 0) is 23.5 Å². The van der Waals surface area contributed by atoms with E-state index in [4.69, 9.17) is 0 Å². The van der Waals surface area contributed by atoms with Gasteiger partial charge in [-0.1, -0.05) is 52.3 Å². The van der Waals surface area contributed by atoms with Crippen molar-refractivity contribution in [1.29, 1.82) is 0 Å². The van der Waals surface area contributed by atoms with Gasteiger partial charge in [0.25, 0.3) is 0 Å². The maximum absolute atomic E-state index is 11.9. The molecule has 1 aromatic carbocycles. The number of carbonyl (C=O) groups is 1. The molecule has 4 heteroatoms. The average molecular weight is 278 g/mol. The summed E-state index contributed by atoms with van der Waals surface area (Å²) < 4.78 is 0. The minimum atomic E-state index is -0.570. The summed E-state index contributed by atoms with van der Waals surface area (Å²) >= 11 is 0. The second-order valence-corrected chi connectivity index (χ2v) is 6.12. The van der Waals surface area contributed by atoms with Crippen LogP contribution < -0.4 is 10.6 Å². The number of rotatable bonds is 5. The van der Waals surface area contributed by atoms with Crippen LogP contribution >= 0.6 is 0 Å². The molecule has 0 fully saturated rings. The maximum atomic E-state index is 11.9. The molecule has 3 N–H and O–H groups in total. The van der Waals surface area contributed by atoms with Crippen molar-refractivity contribution in [3.63, 3.8) is 0 Å². The highest BCUT2D eigenvalue weighted by atomic mass is 16.3. The number of aryl methyl sites for hydroxylation is 1. The summed E-state index contributed by atoms with van der Waals surface area (Å²) in [4.78, 5) is 11.9. The van der Waals surface area contributed by atoms with Crippen LogP contribution in [0, 0.1) is 5.41 Å². The van der Waals surface area contributed by atoms with Gasteiger partial charge < -0.3 is 15.7 Å². The third kappa shape index (κ3) is 5.21. The minimum Gasteiger partial charge on any atom is -0.391 e. The number of hydrogen-bond donors (Lipinski definition) is 3. The Bertz CT molecular complexity index is 438. The quantitative estimate of drug-likeness (QED) is 0.774. The van der Waals surface area contributed by atoms with Crippen LogP contribution in [0.5, 0.6) is 0 Å². The van der Waals surface area contributed by atoms with Crippen molar-refractivity contribution in [1.82, 2.24) is 5.32 Å². The van der Waals surface area contributed by atoms with E-state index in [9.17, 15) is 9.90 Å². The summed E-state index contributed by atoms with van der Waals surface area (Å²) in [5, 5.41) is 15.4. The van der Waals surface area contributed by atoms with E-state index < -0.39 is 6.10 Å². The molecule has 4 nitrogen and oxygen atoms in total. The number of anilines is 1. The molecule has 0 aliphatic heterocycles. The Kier molecular flexibility index (Phi) is 6.02. The first-order chi connectivity index (χ1) is 9.34. The van der Waals surface area contributed by atoms with E-state index in [0.717, 1.165) is 24.1 Å². The van der Waals surface area contributed by atoms with Gasteiger partial charge in [0.1, 0.15) is 0 Å². The fourth-order valence-electron chi connectivity index (χ4n) is 1.79. The van der Waals surface area contributed by atoms with Crippen molar-refractivity contribution >= 4 is 11.7 Å². The van der Waals surface area contributed by atoms with Crippen molar-refractivity contribution in [2.24, 2.45) is 5.41 Å². The summed E-state index contributed by atoms with van der Waals surface area (Å²) in [6, 6.07) is 7.50. The molecular formula is C16H26N2O2. The Balaban J connectivity index is 2.55. The zero-order chi connectivity index (χ0) is 15.2. The van der Waals surface area contributed by atoms with Gasteiger partial charge in [0.2, 0.25) is 0 Å². The van der Waals surface area contributed by atoms with Crippen LogP contribution in [-0.4, -0.2) is 23.8 Å². The number of aliphatic hydroxyl groups is 1. The Morgan fingerprint density at radius 1 is 1.30 bits per heavy atom. The van der Waals surface area contributed by atoms with Gasteiger partial charge in [-0.15, -0.1) is 0 Å². The molecule has 2 amide bonds. The fourth-order valence-corrected chi connectivity index (χ4v) is 1.79. The molecule has 0 saturated carbocycles. The molecule has 0 bridgehead atoms. The first-order valence-corrected chi connectivity index (χ1v) is 7.15. The smallest absolute Gasteiger partial charge is 0.319 e. The summed E-state index contributed by atoms with van der Waals surface area (Å²) in [6.45, 7) is 8.16. The van der Waals surface area contributed by atoms with Crippen LogP contribution in [0.1, 0.15) is 39.7 Å². The second-order valence-electron chi connectivity index (χ2n) is 6.12. The fraction of sp³-hybridized carbons (Fsp3) is 0.562. The monoisotopic (exact) mass is 278 g/mol. The third-order valence-corrected chi connectivity index (χ3v) is 3.24. The highest BCUT2D eigenvalue weighted by molar-refractivity contribution is 5.90. The first-order valence-electron chi connectivity index (χ1n) is 7.15. The minimum absolute atomic E-state index is 0.241. The molecule has 0 heterocycles. The molecule has 1 unspecified atom stereocenters. The molecule has 1 atom stereocenters. The lowest BCUT2D eigenvalue weighted by Gasteiger charge is -2.26. The zero-order valence-corrected chi connectivity index (χ0v) is 12.9. The number of carbonyl (C=O) groups excluding carboxylic acids is 1. The number of nitrogens with one attached hydrogen (secondary N) is 2. The van der Waals surface area contributed by atoms with Crippen LogP contribution in [0.2, 0.25) is 0 Å². The lowest BCUT2D eigenvalue weighted by Crippen LogP contribution is -2.41. The van der Waals surface area contributed by atoms with Crippen molar-refractivity contribution in [3.05, 3.63) is 29.8 Å². The normalized spacial score (nSPS) is 12.8. The molecular weight excluding hydrogens is 252 g/mol. The predicted molar refractivity (Wildman–Crippen MR) is 82.9 cm³/mol. The molecule has 20 heavy (non-hydrogen) atoms. The molecule has 0 aromatic heterocycles. The SMILES string of the molecule is CCCc1ccccc1NC(=O)NCC(O)C(C)(C)C. The van der Waals surface area contributed by atoms with Crippen molar-refractivity contribution in [3.8, 4) is 0 Å². The van der Waals surface area contributed by atoms with E-state index >= 15 is 0 Å². The van der Waals surface area contributed by atoms with Crippen LogP contribution in [0.25, 0.3) is 0 Å². The van der Waals surface area contributed by atoms with Gasteiger partial charge in [-0.25, -0.2) is 4.79 Å². The first kappa shape index (κ1) is 16.5. The molecule has 0 radical (unpaired) electrons. The average Bonchev–Trinajstić information content (AvgIpc) is 2.37. The molecule has 0 aliphatic carbocycles. The van der Waals surface area contributed by atoms with E-state index in [1.54, 1.807) is 0 Å². The maximum Gasteiger partial charge on any atom is 0.319 e. The van der Waals surface area contributed by atoms with Crippen molar-refractivity contribution < 1.29 is 9.90 Å². The Labute approximate surface area is 121 Å². The standard InChI is InChI=1S/C16H26N2O2/c1-5-8-12-9-6-7-10-13(12)18-15(20)17-11-14(19)16(2,3)4/h6-7,9-10,14,19H,5,8,11H2,1-4H3,(H2,17,18,20). The lowest BCUT2D eigenvalue weighted by molar-refractivity contribution is 0.0654. The third-order valence-electron chi connectivity index (χ3n) is 3.24.